The molecule has 39 heavy (non-hydrogen) atoms. The maximum Gasteiger partial charge on any atom is 0.243 e. The summed E-state index contributed by atoms with van der Waals surface area (Å²) < 4.78 is 0. The second kappa shape index (κ2) is 12.5. The van der Waals surface area contributed by atoms with E-state index in [9.17, 15) is 9.59 Å². The summed E-state index contributed by atoms with van der Waals surface area (Å²) in [5.41, 5.74) is 3.42. The van der Waals surface area contributed by atoms with E-state index in [2.05, 4.69) is 30.6 Å². The Balaban J connectivity index is 1.26. The predicted octanol–water partition coefficient (Wildman–Crippen LogP) is 3.16. The van der Waals surface area contributed by atoms with Crippen LogP contribution in [0.25, 0.3) is 0 Å². The Morgan fingerprint density at radius 2 is 1.85 bits per heavy atom. The number of piperazine rings is 1. The van der Waals surface area contributed by atoms with E-state index in [4.69, 9.17) is 15.2 Å². The molecule has 0 unspecified atom stereocenters. The average molecular weight is 552 g/mol. The van der Waals surface area contributed by atoms with Crippen LogP contribution in [0.4, 0.5) is 23.1 Å². The highest BCUT2D eigenvalue weighted by molar-refractivity contribution is 7.99. The summed E-state index contributed by atoms with van der Waals surface area (Å²) in [4.78, 5) is 38.4. The zero-order chi connectivity index (χ0) is 27.2. The molecule has 2 fully saturated rings. The molecule has 1 aliphatic carbocycles. The number of aromatic nitrogens is 4. The molecule has 3 aromatic rings. The average Bonchev–Trinajstić information content (AvgIpc) is 3.72. The number of amides is 2. The van der Waals surface area contributed by atoms with E-state index in [1.165, 1.54) is 11.8 Å². The van der Waals surface area contributed by atoms with Crippen molar-refractivity contribution < 1.29 is 14.8 Å². The molecule has 206 valence electrons. The number of benzene rings is 1. The van der Waals surface area contributed by atoms with Crippen molar-refractivity contribution in [3.8, 4) is 0 Å². The Bertz CT molecular complexity index is 1290. The van der Waals surface area contributed by atoms with Gasteiger partial charge in [0.15, 0.2) is 11.0 Å². The van der Waals surface area contributed by atoms with Crippen LogP contribution in [0.1, 0.15) is 31.4 Å². The molecule has 13 heteroatoms. The summed E-state index contributed by atoms with van der Waals surface area (Å²) in [6, 6.07) is 11.6. The predicted molar refractivity (Wildman–Crippen MR) is 148 cm³/mol. The van der Waals surface area contributed by atoms with Gasteiger partial charge in [0, 0.05) is 66.9 Å². The summed E-state index contributed by atoms with van der Waals surface area (Å²) in [5.74, 6) is 2.06. The number of rotatable bonds is 11. The number of hydrogen-bond acceptors (Lipinski definition) is 10. The Morgan fingerprint density at radius 3 is 2.51 bits per heavy atom. The normalized spacial score (nSPS) is 15.7. The number of H-pyrrole nitrogens is 1. The number of hydroxylamine groups is 1. The molecule has 1 aliphatic heterocycles. The first-order valence-corrected chi connectivity index (χ1v) is 13.9. The zero-order valence-electron chi connectivity index (χ0n) is 21.8. The lowest BCUT2D eigenvalue weighted by atomic mass is 10.2. The van der Waals surface area contributed by atoms with Crippen LogP contribution in [0, 0.1) is 12.8 Å². The minimum atomic E-state index is -0.357. The van der Waals surface area contributed by atoms with Gasteiger partial charge < -0.3 is 15.5 Å². The second-order valence-electron chi connectivity index (χ2n) is 9.81. The van der Waals surface area contributed by atoms with Gasteiger partial charge in [-0.15, -0.1) is 0 Å². The quantitative estimate of drug-likeness (QED) is 0.137. The first-order chi connectivity index (χ1) is 18.9. The van der Waals surface area contributed by atoms with Gasteiger partial charge in [0.25, 0.3) is 0 Å². The van der Waals surface area contributed by atoms with E-state index in [-0.39, 0.29) is 17.7 Å². The fraction of sp³-hybridized carbons (Fsp3) is 0.423. The highest BCUT2D eigenvalue weighted by atomic mass is 32.2. The maximum atomic E-state index is 12.1. The summed E-state index contributed by atoms with van der Waals surface area (Å²) in [6.45, 7) is 6.03. The van der Waals surface area contributed by atoms with Crippen LogP contribution in [-0.2, 0) is 9.59 Å². The van der Waals surface area contributed by atoms with E-state index in [1.54, 1.807) is 5.48 Å². The fourth-order valence-electron chi connectivity index (χ4n) is 4.32. The molecule has 12 nitrogen and oxygen atoms in total. The number of anilines is 4. The standard InChI is InChI=1S/C26H33N9O3S/c1-17-15-22(32-31-17)28-21-16-23(35-13-11-34(12-14-35)10-2-3-24(36)33-38)30-26(29-21)39-20-8-6-19(7-9-20)27-25(37)18-4-5-18/h6-9,15-16,18,38H,2-5,10-14H2,1H3,(H,27,37)(H,33,36)(H2,28,29,30,31,32). The third-order valence-electron chi connectivity index (χ3n) is 6.63. The van der Waals surface area contributed by atoms with Crippen molar-refractivity contribution in [1.82, 2.24) is 30.5 Å². The summed E-state index contributed by atoms with van der Waals surface area (Å²) in [6.07, 6.45) is 2.94. The smallest absolute Gasteiger partial charge is 0.243 e. The molecule has 1 saturated carbocycles. The first-order valence-electron chi connectivity index (χ1n) is 13.1. The third-order valence-corrected chi connectivity index (χ3v) is 7.51. The molecule has 2 amide bonds. The molecule has 1 aromatic carbocycles. The van der Waals surface area contributed by atoms with Crippen molar-refractivity contribution in [2.45, 2.75) is 42.7 Å². The van der Waals surface area contributed by atoms with Crippen LogP contribution in [-0.4, -0.2) is 74.8 Å². The van der Waals surface area contributed by atoms with Gasteiger partial charge >= 0.3 is 0 Å². The molecule has 1 saturated heterocycles. The van der Waals surface area contributed by atoms with Crippen molar-refractivity contribution in [2.75, 3.05) is 48.3 Å². The zero-order valence-corrected chi connectivity index (χ0v) is 22.6. The third kappa shape index (κ3) is 7.68. The maximum absolute atomic E-state index is 12.1. The Morgan fingerprint density at radius 1 is 1.08 bits per heavy atom. The highest BCUT2D eigenvalue weighted by Gasteiger charge is 2.29. The van der Waals surface area contributed by atoms with E-state index in [0.29, 0.717) is 29.6 Å². The Labute approximate surface area is 230 Å². The topological polar surface area (TPSA) is 151 Å². The minimum Gasteiger partial charge on any atom is -0.354 e. The number of carbonyl (C=O) groups is 2. The van der Waals surface area contributed by atoms with Crippen LogP contribution < -0.4 is 21.0 Å². The van der Waals surface area contributed by atoms with Crippen molar-refractivity contribution in [3.63, 3.8) is 0 Å². The number of aromatic amines is 1. The molecular formula is C26H33N9O3S. The summed E-state index contributed by atoms with van der Waals surface area (Å²) >= 11 is 1.46. The van der Waals surface area contributed by atoms with Gasteiger partial charge in [0.05, 0.1) is 0 Å². The largest absolute Gasteiger partial charge is 0.354 e. The Kier molecular flexibility index (Phi) is 8.59. The molecule has 0 spiro atoms. The van der Waals surface area contributed by atoms with E-state index in [1.807, 2.05) is 43.3 Å². The van der Waals surface area contributed by atoms with Crippen LogP contribution in [0.5, 0.6) is 0 Å². The van der Waals surface area contributed by atoms with E-state index < -0.39 is 0 Å². The van der Waals surface area contributed by atoms with Crippen LogP contribution in [0.3, 0.4) is 0 Å². The number of carbonyl (C=O) groups excluding carboxylic acids is 2. The molecule has 3 heterocycles. The molecule has 2 aromatic heterocycles. The molecule has 0 atom stereocenters. The molecule has 0 radical (unpaired) electrons. The molecule has 0 bridgehead atoms. The minimum absolute atomic E-state index is 0.0894. The number of aryl methyl sites for hydroxylation is 1. The van der Waals surface area contributed by atoms with Gasteiger partial charge in [0.1, 0.15) is 11.6 Å². The highest BCUT2D eigenvalue weighted by Crippen LogP contribution is 2.32. The SMILES string of the molecule is Cc1cc(Nc2cc(N3CCN(CCCC(=O)NO)CC3)nc(Sc3ccc(NC(=O)C4CC4)cc3)n2)n[nH]1. The summed E-state index contributed by atoms with van der Waals surface area (Å²) in [7, 11) is 0. The monoisotopic (exact) mass is 551 g/mol. The lowest BCUT2D eigenvalue weighted by molar-refractivity contribution is -0.129. The summed E-state index contributed by atoms with van der Waals surface area (Å²) in [5, 5.41) is 22.7. The van der Waals surface area contributed by atoms with E-state index >= 15 is 0 Å². The second-order valence-corrected chi connectivity index (χ2v) is 10.9. The van der Waals surface area contributed by atoms with Crippen molar-refractivity contribution in [2.24, 2.45) is 5.92 Å². The first kappa shape index (κ1) is 26.9. The molecule has 2 aliphatic rings. The molecule has 5 rings (SSSR count). The van der Waals surface area contributed by atoms with Crippen LogP contribution >= 0.6 is 11.8 Å². The van der Waals surface area contributed by atoms with Crippen LogP contribution in [0.15, 0.2) is 46.5 Å². The number of nitrogens with one attached hydrogen (secondary N) is 4. The van der Waals surface area contributed by atoms with Gasteiger partial charge in [-0.2, -0.15) is 5.10 Å². The van der Waals surface area contributed by atoms with Crippen LogP contribution in [0.2, 0.25) is 0 Å². The number of nitrogens with zero attached hydrogens (tertiary/aromatic N) is 5. The lowest BCUT2D eigenvalue weighted by Crippen LogP contribution is -2.47. The van der Waals surface area contributed by atoms with Gasteiger partial charge in [0.2, 0.25) is 11.8 Å². The van der Waals surface area contributed by atoms with Gasteiger partial charge in [-0.25, -0.2) is 15.4 Å². The molecular weight excluding hydrogens is 518 g/mol. The Hall–Kier alpha value is -3.68. The van der Waals surface area contributed by atoms with Gasteiger partial charge in [-0.1, -0.05) is 0 Å². The fourth-order valence-corrected chi connectivity index (χ4v) is 5.09. The lowest BCUT2D eigenvalue weighted by Gasteiger charge is -2.35. The van der Waals surface area contributed by atoms with Gasteiger partial charge in [-0.05, 0) is 68.8 Å². The van der Waals surface area contributed by atoms with Gasteiger partial charge in [-0.3, -0.25) is 24.8 Å². The number of hydrogen-bond donors (Lipinski definition) is 5. The van der Waals surface area contributed by atoms with E-state index in [0.717, 1.165) is 67.7 Å². The molecule has 5 N–H and O–H groups in total. The van der Waals surface area contributed by atoms with Crippen molar-refractivity contribution in [3.05, 3.63) is 42.1 Å². The van der Waals surface area contributed by atoms with Crippen molar-refractivity contribution >= 4 is 46.7 Å². The van der Waals surface area contributed by atoms with Crippen molar-refractivity contribution in [1.29, 1.82) is 0 Å².